The van der Waals surface area contributed by atoms with E-state index in [1.54, 1.807) is 12.1 Å². The molecule has 2 aromatic rings. The van der Waals surface area contributed by atoms with Gasteiger partial charge in [0, 0.05) is 5.02 Å². The standard InChI is InChI=1S/C14H14BrClN2O5S2/c1-23-14-10(15)7-9(16)8-13(14)25(21,22)18-12-6-4-3-5-11(12)17-24(2,19)20/h3-8,17-18H,1-2H3. The van der Waals surface area contributed by atoms with E-state index in [9.17, 15) is 16.8 Å². The summed E-state index contributed by atoms with van der Waals surface area (Å²) in [5.74, 6) is 0.0745. The molecule has 0 bridgehead atoms. The Morgan fingerprint density at radius 2 is 1.60 bits per heavy atom. The maximum atomic E-state index is 12.8. The first-order valence-electron chi connectivity index (χ1n) is 6.66. The lowest BCUT2D eigenvalue weighted by Crippen LogP contribution is -2.17. The van der Waals surface area contributed by atoms with Gasteiger partial charge in [-0.1, -0.05) is 23.7 Å². The Kier molecular flexibility index (Phi) is 5.87. The van der Waals surface area contributed by atoms with Gasteiger partial charge in [-0.25, -0.2) is 16.8 Å². The van der Waals surface area contributed by atoms with Crippen LogP contribution in [0.25, 0.3) is 0 Å². The Bertz CT molecular complexity index is 1010. The van der Waals surface area contributed by atoms with Gasteiger partial charge < -0.3 is 4.74 Å². The minimum absolute atomic E-state index is 0.0612. The topological polar surface area (TPSA) is 102 Å². The van der Waals surface area contributed by atoms with Crippen molar-refractivity contribution in [2.24, 2.45) is 0 Å². The van der Waals surface area contributed by atoms with Crippen LogP contribution in [0.1, 0.15) is 0 Å². The van der Waals surface area contributed by atoms with E-state index in [1.165, 1.54) is 31.4 Å². The van der Waals surface area contributed by atoms with Gasteiger partial charge in [-0.15, -0.1) is 0 Å². The Morgan fingerprint density at radius 3 is 2.12 bits per heavy atom. The van der Waals surface area contributed by atoms with Crippen LogP contribution >= 0.6 is 27.5 Å². The van der Waals surface area contributed by atoms with Gasteiger partial charge >= 0.3 is 0 Å². The Hall–Kier alpha value is -1.49. The van der Waals surface area contributed by atoms with Crippen LogP contribution in [0.2, 0.25) is 5.02 Å². The van der Waals surface area contributed by atoms with Gasteiger partial charge in [0.05, 0.1) is 29.2 Å². The number of anilines is 2. The highest BCUT2D eigenvalue weighted by Crippen LogP contribution is 2.36. The molecule has 7 nitrogen and oxygen atoms in total. The van der Waals surface area contributed by atoms with Gasteiger partial charge in [0.2, 0.25) is 10.0 Å². The van der Waals surface area contributed by atoms with Crippen molar-refractivity contribution in [2.45, 2.75) is 4.90 Å². The molecule has 0 aromatic heterocycles. The van der Waals surface area contributed by atoms with E-state index in [2.05, 4.69) is 25.4 Å². The Labute approximate surface area is 159 Å². The molecule has 0 atom stereocenters. The van der Waals surface area contributed by atoms with E-state index in [0.717, 1.165) is 6.26 Å². The van der Waals surface area contributed by atoms with Crippen LogP contribution in [-0.2, 0) is 20.0 Å². The van der Waals surface area contributed by atoms with Crippen LogP contribution in [0.3, 0.4) is 0 Å². The number of methoxy groups -OCH3 is 1. The smallest absolute Gasteiger partial charge is 0.265 e. The molecule has 0 saturated heterocycles. The summed E-state index contributed by atoms with van der Waals surface area (Å²) in [4.78, 5) is -0.191. The maximum absolute atomic E-state index is 12.8. The molecule has 11 heteroatoms. The monoisotopic (exact) mass is 468 g/mol. The van der Waals surface area contributed by atoms with Crippen LogP contribution in [0.4, 0.5) is 11.4 Å². The molecule has 0 radical (unpaired) electrons. The molecule has 0 heterocycles. The van der Waals surface area contributed by atoms with Crippen molar-refractivity contribution in [3.8, 4) is 5.75 Å². The molecule has 0 amide bonds. The molecule has 0 saturated carbocycles. The number of para-hydroxylation sites is 2. The molecular formula is C14H14BrClN2O5S2. The van der Waals surface area contributed by atoms with Crippen molar-refractivity contribution in [1.29, 1.82) is 0 Å². The van der Waals surface area contributed by atoms with E-state index in [-0.39, 0.29) is 27.0 Å². The zero-order chi connectivity index (χ0) is 18.8. The number of ether oxygens (including phenoxy) is 1. The lowest BCUT2D eigenvalue weighted by Gasteiger charge is -2.16. The van der Waals surface area contributed by atoms with E-state index in [0.29, 0.717) is 4.47 Å². The number of benzene rings is 2. The average Bonchev–Trinajstić information content (AvgIpc) is 2.47. The summed E-state index contributed by atoms with van der Waals surface area (Å²) >= 11 is 9.13. The molecule has 25 heavy (non-hydrogen) atoms. The third kappa shape index (κ3) is 5.00. The summed E-state index contributed by atoms with van der Waals surface area (Å²) in [6.45, 7) is 0. The number of hydrogen-bond donors (Lipinski definition) is 2. The molecule has 0 spiro atoms. The summed E-state index contributed by atoms with van der Waals surface area (Å²) in [7, 11) is -6.36. The van der Waals surface area contributed by atoms with Gasteiger partial charge in [0.15, 0.2) is 5.75 Å². The molecule has 136 valence electrons. The van der Waals surface area contributed by atoms with Crippen molar-refractivity contribution in [3.63, 3.8) is 0 Å². The van der Waals surface area contributed by atoms with E-state index < -0.39 is 20.0 Å². The second-order valence-corrected chi connectivity index (χ2v) is 9.63. The SMILES string of the molecule is COc1c(Br)cc(Cl)cc1S(=O)(=O)Nc1ccccc1NS(C)(=O)=O. The molecule has 2 N–H and O–H groups in total. The van der Waals surface area contributed by atoms with Crippen LogP contribution in [0.15, 0.2) is 45.8 Å². The van der Waals surface area contributed by atoms with Gasteiger partial charge in [0.1, 0.15) is 4.90 Å². The molecular weight excluding hydrogens is 456 g/mol. The second-order valence-electron chi connectivity index (χ2n) is 4.94. The molecule has 0 fully saturated rings. The van der Waals surface area contributed by atoms with Crippen LogP contribution in [0, 0.1) is 0 Å². The first-order chi connectivity index (χ1) is 11.5. The maximum Gasteiger partial charge on any atom is 0.265 e. The number of nitrogens with one attached hydrogen (secondary N) is 2. The largest absolute Gasteiger partial charge is 0.494 e. The highest BCUT2D eigenvalue weighted by molar-refractivity contribution is 9.10. The van der Waals surface area contributed by atoms with Crippen molar-refractivity contribution < 1.29 is 21.6 Å². The third-order valence-electron chi connectivity index (χ3n) is 2.93. The van der Waals surface area contributed by atoms with Gasteiger partial charge in [-0.2, -0.15) is 0 Å². The van der Waals surface area contributed by atoms with Crippen molar-refractivity contribution in [2.75, 3.05) is 22.8 Å². The fourth-order valence-electron chi connectivity index (χ4n) is 2.00. The second kappa shape index (κ2) is 7.40. The predicted octanol–water partition coefficient (Wildman–Crippen LogP) is 3.28. The zero-order valence-electron chi connectivity index (χ0n) is 13.1. The van der Waals surface area contributed by atoms with Crippen molar-refractivity contribution in [1.82, 2.24) is 0 Å². The number of hydrogen-bond acceptors (Lipinski definition) is 5. The number of rotatable bonds is 6. The summed E-state index contributed by atoms with van der Waals surface area (Å²) in [6.07, 6.45) is 0.968. The lowest BCUT2D eigenvalue weighted by atomic mass is 10.3. The molecule has 2 rings (SSSR count). The molecule has 0 aliphatic rings. The highest BCUT2D eigenvalue weighted by atomic mass is 79.9. The minimum Gasteiger partial charge on any atom is -0.494 e. The summed E-state index contributed by atoms with van der Waals surface area (Å²) in [6, 6.07) is 8.73. The first kappa shape index (κ1) is 19.8. The zero-order valence-corrected chi connectivity index (χ0v) is 17.1. The average molecular weight is 470 g/mol. The first-order valence-corrected chi connectivity index (χ1v) is 11.2. The fraction of sp³-hybridized carbons (Fsp3) is 0.143. The van der Waals surface area contributed by atoms with Crippen LogP contribution in [-0.4, -0.2) is 30.2 Å². The fourth-order valence-corrected chi connectivity index (χ4v) is 5.04. The Morgan fingerprint density at radius 1 is 1.04 bits per heavy atom. The van der Waals surface area contributed by atoms with Crippen molar-refractivity contribution >= 4 is 59.0 Å². The molecule has 0 unspecified atom stereocenters. The third-order valence-corrected chi connectivity index (χ3v) is 5.70. The summed E-state index contributed by atoms with van der Waals surface area (Å²) < 4.78 is 58.5. The highest BCUT2D eigenvalue weighted by Gasteiger charge is 2.24. The van der Waals surface area contributed by atoms with Gasteiger partial charge in [-0.3, -0.25) is 9.44 Å². The molecule has 2 aromatic carbocycles. The van der Waals surface area contributed by atoms with E-state index in [1.807, 2.05) is 0 Å². The summed E-state index contributed by atoms with van der Waals surface area (Å²) in [5.41, 5.74) is 0.153. The van der Waals surface area contributed by atoms with Crippen LogP contribution < -0.4 is 14.2 Å². The quantitative estimate of drug-likeness (QED) is 0.676. The van der Waals surface area contributed by atoms with Crippen LogP contribution in [0.5, 0.6) is 5.75 Å². The summed E-state index contributed by atoms with van der Waals surface area (Å²) in [5, 5.41) is 0.190. The molecule has 0 aliphatic heterocycles. The Balaban J connectivity index is 2.51. The number of sulfonamides is 2. The lowest BCUT2D eigenvalue weighted by molar-refractivity contribution is 0.400. The minimum atomic E-state index is -4.10. The molecule has 0 aliphatic carbocycles. The predicted molar refractivity (Wildman–Crippen MR) is 101 cm³/mol. The number of halogens is 2. The van der Waals surface area contributed by atoms with Gasteiger partial charge in [0.25, 0.3) is 10.0 Å². The van der Waals surface area contributed by atoms with Gasteiger partial charge in [-0.05, 0) is 40.2 Å². The van der Waals surface area contributed by atoms with E-state index >= 15 is 0 Å². The van der Waals surface area contributed by atoms with Crippen molar-refractivity contribution in [3.05, 3.63) is 45.9 Å². The normalized spacial score (nSPS) is 11.8. The van der Waals surface area contributed by atoms with E-state index in [4.69, 9.17) is 16.3 Å².